The van der Waals surface area contributed by atoms with Gasteiger partial charge in [0.1, 0.15) is 0 Å². The lowest BCUT2D eigenvalue weighted by Gasteiger charge is -2.23. The number of ether oxygens (including phenoxy) is 1. The molecular formula is C51H56N9O14+. The van der Waals surface area contributed by atoms with Gasteiger partial charge in [0.05, 0.1) is 16.2 Å². The van der Waals surface area contributed by atoms with Crippen molar-refractivity contribution in [2.45, 2.75) is 79.2 Å². The molecule has 0 spiro atoms. The summed E-state index contributed by atoms with van der Waals surface area (Å²) in [6, 6.07) is 25.1. The average Bonchev–Trinajstić information content (AvgIpc) is 4.26. The van der Waals surface area contributed by atoms with E-state index >= 15 is 0 Å². The summed E-state index contributed by atoms with van der Waals surface area (Å²) in [7, 11) is 0. The molecule has 9 rings (SSSR count). The number of aromatic carboxylic acids is 5. The SMILES string of the molecule is CC.CC(=O)C1=CC(=O)C(C)(c2ccccc2)O1.CCc1cc(C(=O)O)n[nH]1.Cc1c[nH]c(C(=O)O)c[n+]1=O.O=C(O)c1cc(Cc2ccccc2)[nH]n1.O=C(O)c1cccnc1.O=C(O)c1n[nH]c2c1CCC2. The van der Waals surface area contributed by atoms with Crippen LogP contribution in [0.5, 0.6) is 0 Å². The highest BCUT2D eigenvalue weighted by molar-refractivity contribution is 6.07. The van der Waals surface area contributed by atoms with Crippen molar-refractivity contribution in [2.24, 2.45) is 0 Å². The van der Waals surface area contributed by atoms with Crippen LogP contribution in [0.1, 0.15) is 133 Å². The van der Waals surface area contributed by atoms with Gasteiger partial charge in [0.15, 0.2) is 39.9 Å². The number of nitrogens with zero attached hydrogens (tertiary/aromatic N) is 5. The number of nitrogens with one attached hydrogen (secondary N) is 4. The lowest BCUT2D eigenvalue weighted by Crippen LogP contribution is -2.29. The summed E-state index contributed by atoms with van der Waals surface area (Å²) < 4.78 is 5.97. The second kappa shape index (κ2) is 28.9. The molecule has 5 aromatic heterocycles. The molecule has 23 heteroatoms. The molecule has 2 aliphatic rings. The van der Waals surface area contributed by atoms with E-state index in [-0.39, 0.29) is 45.7 Å². The molecule has 1 aliphatic heterocycles. The molecule has 23 nitrogen and oxygen atoms in total. The van der Waals surface area contributed by atoms with Gasteiger partial charge in [0.25, 0.3) is 11.9 Å². The number of hydrogen-bond donors (Lipinski definition) is 9. The monoisotopic (exact) mass is 1020 g/mol. The van der Waals surface area contributed by atoms with Gasteiger partial charge in [-0.25, -0.2) is 24.0 Å². The summed E-state index contributed by atoms with van der Waals surface area (Å²) in [4.78, 5) is 91.7. The number of carbonyl (C=O) groups excluding carboxylic acids is 2. The van der Waals surface area contributed by atoms with Crippen molar-refractivity contribution in [3.63, 3.8) is 0 Å². The number of carboxylic acids is 5. The van der Waals surface area contributed by atoms with Crippen molar-refractivity contribution in [3.8, 4) is 0 Å². The maximum Gasteiger partial charge on any atom is 0.358 e. The Morgan fingerprint density at radius 2 is 1.34 bits per heavy atom. The topological polar surface area (TPSA) is 368 Å². The second-order valence-electron chi connectivity index (χ2n) is 15.5. The second-order valence-corrected chi connectivity index (χ2v) is 15.5. The summed E-state index contributed by atoms with van der Waals surface area (Å²) in [6.45, 7) is 10.6. The van der Waals surface area contributed by atoms with Gasteiger partial charge in [-0.3, -0.25) is 29.9 Å². The Balaban J connectivity index is 0.000000235. The van der Waals surface area contributed by atoms with Crippen LogP contribution in [-0.2, 0) is 45.6 Å². The lowest BCUT2D eigenvalue weighted by molar-refractivity contribution is -0.503. The molecule has 0 saturated heterocycles. The van der Waals surface area contributed by atoms with Crippen LogP contribution >= 0.6 is 0 Å². The lowest BCUT2D eigenvalue weighted by atomic mass is 9.92. The van der Waals surface area contributed by atoms with Crippen LogP contribution in [-0.4, -0.2) is 108 Å². The van der Waals surface area contributed by atoms with E-state index < -0.39 is 35.4 Å². The molecule has 6 heterocycles. The number of rotatable bonds is 10. The summed E-state index contributed by atoms with van der Waals surface area (Å²) in [5.41, 5.74) is 5.25. The number of pyridine rings is 1. The van der Waals surface area contributed by atoms with E-state index in [4.69, 9.17) is 30.3 Å². The van der Waals surface area contributed by atoms with Gasteiger partial charge in [-0.1, -0.05) is 81.4 Å². The molecule has 0 saturated carbocycles. The quantitative estimate of drug-likeness (QED) is 0.0645. The zero-order valence-corrected chi connectivity index (χ0v) is 41.2. The molecule has 2 aromatic carbocycles. The largest absolute Gasteiger partial charge is 0.478 e. The number of aryl methyl sites for hydroxylation is 3. The van der Waals surface area contributed by atoms with Crippen molar-refractivity contribution in [2.75, 3.05) is 0 Å². The fourth-order valence-electron chi connectivity index (χ4n) is 6.32. The Bertz CT molecular complexity index is 3090. The van der Waals surface area contributed by atoms with Gasteiger partial charge in [-0.15, -0.1) is 0 Å². The molecule has 74 heavy (non-hydrogen) atoms. The van der Waals surface area contributed by atoms with Gasteiger partial charge in [-0.2, -0.15) is 15.3 Å². The number of allylic oxidation sites excluding steroid dienone is 1. The number of aromatic amines is 4. The normalized spacial score (nSPS) is 13.3. The minimum absolute atomic E-state index is 0.0564. The number of hydrogen-bond acceptors (Lipinski definition) is 13. The number of fused-ring (bicyclic) bond motifs is 1. The number of Topliss-reactive ketones (excluding diaryl/α,β-unsaturated/α-hetero) is 1. The number of carboxylic acid groups (broad SMARTS) is 5. The molecule has 1 atom stereocenters. The summed E-state index contributed by atoms with van der Waals surface area (Å²) in [5.74, 6) is -5.29. The highest BCUT2D eigenvalue weighted by atomic mass is 16.5. The first-order chi connectivity index (χ1) is 35.2. The fourth-order valence-corrected chi connectivity index (χ4v) is 6.32. The van der Waals surface area contributed by atoms with Crippen LogP contribution in [0, 0.1) is 11.8 Å². The van der Waals surface area contributed by atoms with Crippen LogP contribution < -0.4 is 4.43 Å². The molecule has 388 valence electrons. The van der Waals surface area contributed by atoms with Gasteiger partial charge in [-0.05, 0) is 62.4 Å². The predicted molar refractivity (Wildman–Crippen MR) is 264 cm³/mol. The van der Waals surface area contributed by atoms with E-state index in [1.807, 2.05) is 81.4 Å². The number of benzene rings is 2. The summed E-state index contributed by atoms with van der Waals surface area (Å²) in [6.07, 6.45) is 10.7. The Hall–Kier alpha value is -9.67. The van der Waals surface area contributed by atoms with Crippen LogP contribution in [0.25, 0.3) is 0 Å². The zero-order chi connectivity index (χ0) is 55.0. The summed E-state index contributed by atoms with van der Waals surface area (Å²) in [5, 5.41) is 61.5. The van der Waals surface area contributed by atoms with Crippen LogP contribution in [0.2, 0.25) is 0 Å². The highest BCUT2D eigenvalue weighted by Crippen LogP contribution is 2.34. The predicted octanol–water partition coefficient (Wildman–Crippen LogP) is 6.68. The first kappa shape index (κ1) is 58.6. The number of carbonyl (C=O) groups is 7. The standard InChI is InChI=1S/C13H12O3.C11H10N2O2.C7H8N2O2.C6H6N2O3.C6H8N2O2.C6H5NO2.C2H6/c1-9(14)11-8-12(15)13(2,16-11)10-6-4-3-5-7-10;14-11(15)10-7-9(12-13-10)6-8-4-2-1-3-5-8;10-7(11)6-4-2-1-3-5(4)8-9-6;1-4-2-7-5(6(9)10)3-8(4)11;1-2-4-3-5(6(9)10)8-7-4;8-6(9)5-2-1-3-7-4-5;1-2/h3-8H,1-2H3;1-5,7H,6H2,(H,12,13)(H,14,15);1-3H2,(H,8,9)(H,10,11);2-3H,1H3,(H-,7,9,10,11);3H,2H2,1H3,(H,7,8)(H,9,10);1-4H,(H,8,9);1-2H3/p+1. The molecule has 0 fully saturated rings. The van der Waals surface area contributed by atoms with Crippen molar-refractivity contribution in [3.05, 3.63) is 194 Å². The fraction of sp³-hybridized carbons (Fsp3) is 0.235. The smallest absolute Gasteiger partial charge is 0.358 e. The number of aromatic nitrogens is 9. The molecule has 0 amide bonds. The maximum atomic E-state index is 11.9. The summed E-state index contributed by atoms with van der Waals surface area (Å²) >= 11 is 0. The third kappa shape index (κ3) is 17.6. The minimum atomic E-state index is -1.14. The van der Waals surface area contributed by atoms with Crippen molar-refractivity contribution in [1.29, 1.82) is 0 Å². The Labute approximate surface area is 422 Å². The minimum Gasteiger partial charge on any atom is -0.478 e. The molecule has 1 aliphatic carbocycles. The first-order valence-corrected chi connectivity index (χ1v) is 22.6. The molecule has 7 aromatic rings. The van der Waals surface area contributed by atoms with Crippen LogP contribution in [0.15, 0.2) is 122 Å². The Morgan fingerprint density at radius 1 is 0.743 bits per heavy atom. The average molecular weight is 1020 g/mol. The van der Waals surface area contributed by atoms with E-state index in [0.29, 0.717) is 16.5 Å². The Kier molecular flexibility index (Phi) is 22.9. The van der Waals surface area contributed by atoms with E-state index in [2.05, 4.69) is 40.6 Å². The maximum absolute atomic E-state index is 11.9. The first-order valence-electron chi connectivity index (χ1n) is 22.6. The van der Waals surface area contributed by atoms with Crippen molar-refractivity contribution < 1.29 is 68.3 Å². The van der Waals surface area contributed by atoms with Gasteiger partial charge < -0.3 is 35.3 Å². The van der Waals surface area contributed by atoms with Gasteiger partial charge >= 0.3 is 29.8 Å². The van der Waals surface area contributed by atoms with Crippen LogP contribution in [0.3, 0.4) is 0 Å². The number of ketones is 2. The molecule has 9 N–H and O–H groups in total. The van der Waals surface area contributed by atoms with E-state index in [9.17, 15) is 38.5 Å². The zero-order valence-electron chi connectivity index (χ0n) is 41.2. The van der Waals surface area contributed by atoms with Crippen molar-refractivity contribution in [1.82, 2.24) is 40.6 Å². The van der Waals surface area contributed by atoms with E-state index in [1.54, 1.807) is 26.0 Å². The molecule has 1 unspecified atom stereocenters. The third-order valence-corrected chi connectivity index (χ3v) is 10.2. The van der Waals surface area contributed by atoms with E-state index in [1.165, 1.54) is 43.7 Å². The third-order valence-electron chi connectivity index (χ3n) is 10.2. The molecule has 0 bridgehead atoms. The van der Waals surface area contributed by atoms with Gasteiger partial charge in [0.2, 0.25) is 5.78 Å². The van der Waals surface area contributed by atoms with Crippen molar-refractivity contribution >= 4 is 41.4 Å². The van der Waals surface area contributed by atoms with E-state index in [0.717, 1.165) is 65.7 Å². The van der Waals surface area contributed by atoms with Crippen LogP contribution in [0.4, 0.5) is 0 Å². The highest BCUT2D eigenvalue weighted by Gasteiger charge is 2.42. The molecule has 0 radical (unpaired) electrons. The van der Waals surface area contributed by atoms with Gasteiger partial charge in [0, 0.05) is 71.9 Å². The Morgan fingerprint density at radius 3 is 1.80 bits per heavy atom. The molecular weight excluding hydrogens is 963 g/mol. The number of H-pyrrole nitrogens is 4.